The van der Waals surface area contributed by atoms with E-state index in [9.17, 15) is 4.79 Å². The van der Waals surface area contributed by atoms with E-state index >= 15 is 0 Å². The lowest BCUT2D eigenvalue weighted by molar-refractivity contribution is -0.119. The van der Waals surface area contributed by atoms with Crippen LogP contribution in [0.5, 0.6) is 0 Å². The van der Waals surface area contributed by atoms with Gasteiger partial charge in [0.25, 0.3) is 0 Å². The van der Waals surface area contributed by atoms with Gasteiger partial charge in [0.2, 0.25) is 0 Å². The number of carbonyl (C=O) groups excluding carboxylic acids is 1. The fourth-order valence-corrected chi connectivity index (χ4v) is 4.30. The molecule has 1 aromatic carbocycles. The Bertz CT molecular complexity index is 521. The molecule has 0 amide bonds. The summed E-state index contributed by atoms with van der Waals surface area (Å²) in [4.78, 5) is 11.7. The van der Waals surface area contributed by atoms with Crippen molar-refractivity contribution in [3.63, 3.8) is 0 Å². The normalized spacial score (nSPS) is 26.1. The molecule has 1 saturated carbocycles. The van der Waals surface area contributed by atoms with Gasteiger partial charge in [0.1, 0.15) is 5.78 Å². The van der Waals surface area contributed by atoms with Gasteiger partial charge >= 0.3 is 0 Å². The highest BCUT2D eigenvalue weighted by Gasteiger charge is 2.66. The van der Waals surface area contributed by atoms with Crippen LogP contribution in [0, 0.1) is 17.3 Å². The summed E-state index contributed by atoms with van der Waals surface area (Å²) in [6.07, 6.45) is 0. The molecule has 20 heavy (non-hydrogen) atoms. The molecular formula is C15H16Cl4O. The quantitative estimate of drug-likeness (QED) is 0.658. The van der Waals surface area contributed by atoms with Gasteiger partial charge in [-0.25, -0.2) is 0 Å². The Morgan fingerprint density at radius 2 is 1.75 bits per heavy atom. The molecule has 3 atom stereocenters. The predicted octanol–water partition coefficient (Wildman–Crippen LogP) is 5.44. The summed E-state index contributed by atoms with van der Waals surface area (Å²) >= 11 is 25.3. The van der Waals surface area contributed by atoms with E-state index < -0.39 is 9.71 Å². The minimum atomic E-state index is -1.25. The van der Waals surface area contributed by atoms with Gasteiger partial charge in [0.15, 0.2) is 4.33 Å². The van der Waals surface area contributed by atoms with E-state index in [2.05, 4.69) is 0 Å². The van der Waals surface area contributed by atoms with Gasteiger partial charge in [-0.2, -0.15) is 0 Å². The number of ketones is 1. The van der Waals surface area contributed by atoms with Gasteiger partial charge < -0.3 is 0 Å². The van der Waals surface area contributed by atoms with Gasteiger partial charge in [0.05, 0.1) is 5.38 Å². The highest BCUT2D eigenvalue weighted by atomic mass is 35.5. The van der Waals surface area contributed by atoms with Gasteiger partial charge in [-0.1, -0.05) is 60.8 Å². The van der Waals surface area contributed by atoms with Gasteiger partial charge in [0, 0.05) is 10.9 Å². The summed E-state index contributed by atoms with van der Waals surface area (Å²) in [5.41, 5.74) is 0.523. The van der Waals surface area contributed by atoms with Crippen molar-refractivity contribution < 1.29 is 4.79 Å². The second kappa shape index (κ2) is 5.35. The average Bonchev–Trinajstić information content (AvgIpc) is 2.91. The van der Waals surface area contributed by atoms with Crippen LogP contribution < -0.4 is 0 Å². The number of carbonyl (C=O) groups is 1. The van der Waals surface area contributed by atoms with Crippen molar-refractivity contribution in [2.45, 2.75) is 30.5 Å². The maximum absolute atomic E-state index is 11.7. The molecule has 0 saturated heterocycles. The molecule has 0 N–H and O–H groups in total. The van der Waals surface area contributed by atoms with E-state index in [4.69, 9.17) is 46.4 Å². The molecule has 1 aromatic rings. The molecule has 0 aromatic heterocycles. The SMILES string of the molecule is CC(=O)[C@H]1[C@H](C(Cl)C(Cl)(Cl)c2ccc(Cl)cc2)C1(C)C. The summed E-state index contributed by atoms with van der Waals surface area (Å²) in [5.74, 6) is 0.00686. The van der Waals surface area contributed by atoms with Crippen LogP contribution in [0.3, 0.4) is 0 Å². The highest BCUT2D eigenvalue weighted by molar-refractivity contribution is 6.52. The Kier molecular flexibility index (Phi) is 4.40. The summed E-state index contributed by atoms with van der Waals surface area (Å²) in [7, 11) is 0. The largest absolute Gasteiger partial charge is 0.300 e. The van der Waals surface area contributed by atoms with Crippen molar-refractivity contribution in [2.24, 2.45) is 17.3 Å². The van der Waals surface area contributed by atoms with E-state index in [1.807, 2.05) is 13.8 Å². The van der Waals surface area contributed by atoms with E-state index in [0.717, 1.165) is 0 Å². The molecule has 0 spiro atoms. The number of hydrogen-bond acceptors (Lipinski definition) is 1. The lowest BCUT2D eigenvalue weighted by Crippen LogP contribution is -2.28. The standard InChI is InChI=1S/C15H16Cl4O/c1-8(20)11-12(14(11,2)3)13(17)15(18,19)9-4-6-10(16)7-5-9/h4-7,11-13H,1-3H3/t11-,12+,13?/m0/s1. The van der Waals surface area contributed by atoms with Crippen LogP contribution in [0.1, 0.15) is 26.3 Å². The molecular weight excluding hydrogens is 338 g/mol. The Morgan fingerprint density at radius 3 is 2.15 bits per heavy atom. The maximum atomic E-state index is 11.7. The minimum Gasteiger partial charge on any atom is -0.300 e. The molecule has 0 heterocycles. The number of halogens is 4. The Balaban J connectivity index is 2.26. The number of hydrogen-bond donors (Lipinski definition) is 0. The fraction of sp³-hybridized carbons (Fsp3) is 0.533. The molecule has 5 heteroatoms. The van der Waals surface area contributed by atoms with Gasteiger partial charge in [-0.15, -0.1) is 11.6 Å². The summed E-state index contributed by atoms with van der Waals surface area (Å²) in [6.45, 7) is 5.62. The molecule has 0 bridgehead atoms. The van der Waals surface area contributed by atoms with Gasteiger partial charge in [-0.05, 0) is 36.0 Å². The van der Waals surface area contributed by atoms with Crippen LogP contribution in [0.25, 0.3) is 0 Å². The molecule has 1 aliphatic rings. The zero-order chi connectivity index (χ0) is 15.3. The summed E-state index contributed by atoms with van der Waals surface area (Å²) in [6, 6.07) is 6.97. The first-order chi connectivity index (χ1) is 9.10. The van der Waals surface area contributed by atoms with Crippen LogP contribution in [0.4, 0.5) is 0 Å². The van der Waals surface area contributed by atoms with Crippen LogP contribution in [-0.2, 0) is 9.13 Å². The molecule has 0 radical (unpaired) electrons. The third-order valence-corrected chi connectivity index (χ3v) is 6.22. The number of rotatable bonds is 4. The van der Waals surface area contributed by atoms with Crippen LogP contribution in [-0.4, -0.2) is 11.2 Å². The fourth-order valence-electron chi connectivity index (χ4n) is 3.06. The second-order valence-electron chi connectivity index (χ2n) is 5.97. The maximum Gasteiger partial charge on any atom is 0.159 e. The molecule has 1 nitrogen and oxygen atoms in total. The zero-order valence-electron chi connectivity index (χ0n) is 11.5. The van der Waals surface area contributed by atoms with Crippen molar-refractivity contribution in [3.8, 4) is 0 Å². The Labute approximate surface area is 139 Å². The third-order valence-electron chi connectivity index (χ3n) is 4.24. The summed E-state index contributed by atoms with van der Waals surface area (Å²) in [5, 5.41) is 0.0632. The third kappa shape index (κ3) is 2.70. The van der Waals surface area contributed by atoms with Crippen molar-refractivity contribution >= 4 is 52.2 Å². The van der Waals surface area contributed by atoms with Crippen LogP contribution >= 0.6 is 46.4 Å². The van der Waals surface area contributed by atoms with E-state index in [0.29, 0.717) is 10.6 Å². The molecule has 2 rings (SSSR count). The smallest absolute Gasteiger partial charge is 0.159 e. The number of Topliss-reactive ketones (excluding diaryl/α,β-unsaturated/α-hetero) is 1. The van der Waals surface area contributed by atoms with Gasteiger partial charge in [-0.3, -0.25) is 4.79 Å². The van der Waals surface area contributed by atoms with E-state index in [1.54, 1.807) is 31.2 Å². The van der Waals surface area contributed by atoms with E-state index in [1.165, 1.54) is 0 Å². The first-order valence-electron chi connectivity index (χ1n) is 6.38. The molecule has 0 aliphatic heterocycles. The van der Waals surface area contributed by atoms with Crippen LogP contribution in [0.2, 0.25) is 5.02 Å². The second-order valence-corrected chi connectivity index (χ2v) is 8.26. The minimum absolute atomic E-state index is 0.0349. The van der Waals surface area contributed by atoms with Crippen molar-refractivity contribution in [1.29, 1.82) is 0 Å². The average molecular weight is 354 g/mol. The monoisotopic (exact) mass is 352 g/mol. The lowest BCUT2D eigenvalue weighted by atomic mass is 10.0. The van der Waals surface area contributed by atoms with Crippen LogP contribution in [0.15, 0.2) is 24.3 Å². The Hall–Kier alpha value is 0.0500. The topological polar surface area (TPSA) is 17.1 Å². The molecule has 1 aliphatic carbocycles. The number of alkyl halides is 3. The predicted molar refractivity (Wildman–Crippen MR) is 85.9 cm³/mol. The van der Waals surface area contributed by atoms with Crippen molar-refractivity contribution in [2.75, 3.05) is 0 Å². The first-order valence-corrected chi connectivity index (χ1v) is 7.95. The van der Waals surface area contributed by atoms with Crippen molar-refractivity contribution in [1.82, 2.24) is 0 Å². The zero-order valence-corrected chi connectivity index (χ0v) is 14.5. The number of benzene rings is 1. The van der Waals surface area contributed by atoms with Crippen molar-refractivity contribution in [3.05, 3.63) is 34.9 Å². The Morgan fingerprint density at radius 1 is 1.25 bits per heavy atom. The lowest BCUT2D eigenvalue weighted by Gasteiger charge is -2.27. The van der Waals surface area contributed by atoms with E-state index in [-0.39, 0.29) is 23.0 Å². The molecule has 1 fully saturated rings. The molecule has 110 valence electrons. The first kappa shape index (κ1) is 16.4. The molecule has 1 unspecified atom stereocenters. The highest BCUT2D eigenvalue weighted by Crippen LogP contribution is 2.65. The summed E-state index contributed by atoms with van der Waals surface area (Å²) < 4.78 is -1.25.